The molecule has 0 amide bonds. The molecular formula is C14H13BrN2. The van der Waals surface area contributed by atoms with Gasteiger partial charge in [-0.15, -0.1) is 10.2 Å². The molecule has 17 heavy (non-hydrogen) atoms. The van der Waals surface area contributed by atoms with E-state index in [-0.39, 0.29) is 0 Å². The minimum absolute atomic E-state index is 0.792. The molecule has 1 aromatic heterocycles. The van der Waals surface area contributed by atoms with Crippen molar-refractivity contribution in [1.82, 2.24) is 10.2 Å². The molecule has 1 aromatic carbocycles. The van der Waals surface area contributed by atoms with Crippen LogP contribution in [-0.4, -0.2) is 10.2 Å². The summed E-state index contributed by atoms with van der Waals surface area (Å²) < 4.78 is 0.792. The number of nitrogens with zero attached hydrogens (tertiary/aromatic N) is 2. The standard InChI is InChI=1S/C14H13BrN2/c1-10(2)8-12-9-13(16-17-14(12)15)11-6-4-3-5-7-11/h3-7,9H,1,8H2,2H3. The number of aromatic nitrogens is 2. The van der Waals surface area contributed by atoms with Gasteiger partial charge in [-0.3, -0.25) is 0 Å². The van der Waals surface area contributed by atoms with E-state index >= 15 is 0 Å². The van der Waals surface area contributed by atoms with Crippen LogP contribution in [0.4, 0.5) is 0 Å². The summed E-state index contributed by atoms with van der Waals surface area (Å²) in [5.74, 6) is 0. The van der Waals surface area contributed by atoms with Crippen molar-refractivity contribution < 1.29 is 0 Å². The molecule has 3 heteroatoms. The molecule has 0 atom stereocenters. The number of hydrogen-bond acceptors (Lipinski definition) is 2. The number of halogens is 1. The first-order valence-corrected chi connectivity index (χ1v) is 6.18. The predicted octanol–water partition coefficient (Wildman–Crippen LogP) is 4.02. The van der Waals surface area contributed by atoms with Crippen molar-refractivity contribution in [3.63, 3.8) is 0 Å². The fourth-order valence-electron chi connectivity index (χ4n) is 1.61. The zero-order valence-corrected chi connectivity index (χ0v) is 11.2. The van der Waals surface area contributed by atoms with Crippen molar-refractivity contribution in [1.29, 1.82) is 0 Å². The Morgan fingerprint density at radius 1 is 1.24 bits per heavy atom. The first-order valence-electron chi connectivity index (χ1n) is 5.38. The summed E-state index contributed by atoms with van der Waals surface area (Å²) in [6, 6.07) is 12.1. The third-order valence-electron chi connectivity index (χ3n) is 2.38. The second-order valence-electron chi connectivity index (χ2n) is 4.05. The minimum atomic E-state index is 0.792. The van der Waals surface area contributed by atoms with Gasteiger partial charge in [-0.05, 0) is 40.9 Å². The van der Waals surface area contributed by atoms with E-state index in [9.17, 15) is 0 Å². The summed E-state index contributed by atoms with van der Waals surface area (Å²) >= 11 is 3.42. The molecular weight excluding hydrogens is 276 g/mol. The lowest BCUT2D eigenvalue weighted by Gasteiger charge is -2.06. The lowest BCUT2D eigenvalue weighted by atomic mass is 10.1. The van der Waals surface area contributed by atoms with Gasteiger partial charge in [0.25, 0.3) is 0 Å². The number of rotatable bonds is 3. The van der Waals surface area contributed by atoms with Crippen molar-refractivity contribution in [2.45, 2.75) is 13.3 Å². The molecule has 0 N–H and O–H groups in total. The van der Waals surface area contributed by atoms with Crippen LogP contribution in [0.2, 0.25) is 0 Å². The fraction of sp³-hybridized carbons (Fsp3) is 0.143. The first kappa shape index (κ1) is 12.0. The van der Waals surface area contributed by atoms with Crippen molar-refractivity contribution in [2.24, 2.45) is 0 Å². The quantitative estimate of drug-likeness (QED) is 0.797. The molecule has 1 heterocycles. The van der Waals surface area contributed by atoms with Gasteiger partial charge < -0.3 is 0 Å². The van der Waals surface area contributed by atoms with Gasteiger partial charge in [0.05, 0.1) is 5.69 Å². The Hall–Kier alpha value is -1.48. The third kappa shape index (κ3) is 3.01. The lowest BCUT2D eigenvalue weighted by molar-refractivity contribution is 0.968. The summed E-state index contributed by atoms with van der Waals surface area (Å²) in [7, 11) is 0. The van der Waals surface area contributed by atoms with Gasteiger partial charge in [-0.1, -0.05) is 42.5 Å². The van der Waals surface area contributed by atoms with E-state index in [1.807, 2.05) is 37.3 Å². The van der Waals surface area contributed by atoms with Crippen molar-refractivity contribution in [3.8, 4) is 11.3 Å². The molecule has 0 fully saturated rings. The normalized spacial score (nSPS) is 10.2. The molecule has 2 aromatic rings. The largest absolute Gasteiger partial charge is 0.149 e. The van der Waals surface area contributed by atoms with Gasteiger partial charge in [0.2, 0.25) is 0 Å². The minimum Gasteiger partial charge on any atom is -0.149 e. The van der Waals surface area contributed by atoms with Gasteiger partial charge in [0, 0.05) is 5.56 Å². The highest BCUT2D eigenvalue weighted by Crippen LogP contribution is 2.22. The van der Waals surface area contributed by atoms with E-state index in [1.165, 1.54) is 0 Å². The molecule has 2 nitrogen and oxygen atoms in total. The Bertz CT molecular complexity index is 535. The zero-order chi connectivity index (χ0) is 12.3. The summed E-state index contributed by atoms with van der Waals surface area (Å²) in [6.07, 6.45) is 0.815. The van der Waals surface area contributed by atoms with E-state index in [0.29, 0.717) is 0 Å². The van der Waals surface area contributed by atoms with Gasteiger partial charge in [-0.25, -0.2) is 0 Å². The lowest BCUT2D eigenvalue weighted by Crippen LogP contribution is -1.95. The van der Waals surface area contributed by atoms with Crippen molar-refractivity contribution in [2.75, 3.05) is 0 Å². The zero-order valence-electron chi connectivity index (χ0n) is 9.65. The number of allylic oxidation sites excluding steroid dienone is 1. The molecule has 0 unspecified atom stereocenters. The van der Waals surface area contributed by atoms with Crippen LogP contribution >= 0.6 is 15.9 Å². The van der Waals surface area contributed by atoms with Crippen LogP contribution in [0.25, 0.3) is 11.3 Å². The second-order valence-corrected chi connectivity index (χ2v) is 4.80. The fourth-order valence-corrected chi connectivity index (χ4v) is 1.95. The summed E-state index contributed by atoms with van der Waals surface area (Å²) in [4.78, 5) is 0. The molecule has 0 saturated heterocycles. The highest BCUT2D eigenvalue weighted by Gasteiger charge is 2.06. The molecule has 0 aliphatic rings. The third-order valence-corrected chi connectivity index (χ3v) is 3.05. The molecule has 86 valence electrons. The van der Waals surface area contributed by atoms with E-state index < -0.39 is 0 Å². The maximum atomic E-state index is 4.19. The highest BCUT2D eigenvalue weighted by molar-refractivity contribution is 9.10. The molecule has 0 spiro atoms. The highest BCUT2D eigenvalue weighted by atomic mass is 79.9. The second kappa shape index (κ2) is 5.23. The van der Waals surface area contributed by atoms with Crippen LogP contribution in [0, 0.1) is 0 Å². The summed E-state index contributed by atoms with van der Waals surface area (Å²) in [6.45, 7) is 5.93. The predicted molar refractivity (Wildman–Crippen MR) is 73.7 cm³/mol. The van der Waals surface area contributed by atoms with Crippen LogP contribution in [0.1, 0.15) is 12.5 Å². The van der Waals surface area contributed by atoms with Crippen molar-refractivity contribution in [3.05, 3.63) is 58.7 Å². The summed E-state index contributed by atoms with van der Waals surface area (Å²) in [5, 5.41) is 8.32. The van der Waals surface area contributed by atoms with E-state index in [2.05, 4.69) is 38.8 Å². The molecule has 2 rings (SSSR count). The molecule has 0 aliphatic carbocycles. The van der Waals surface area contributed by atoms with Crippen LogP contribution in [0.5, 0.6) is 0 Å². The SMILES string of the molecule is C=C(C)Cc1cc(-c2ccccc2)nnc1Br. The molecule has 0 saturated carbocycles. The first-order chi connectivity index (χ1) is 8.16. The molecule has 0 aliphatic heterocycles. The maximum absolute atomic E-state index is 4.19. The Kier molecular flexibility index (Phi) is 3.69. The van der Waals surface area contributed by atoms with Crippen molar-refractivity contribution >= 4 is 15.9 Å². The smallest absolute Gasteiger partial charge is 0.132 e. The Morgan fingerprint density at radius 2 is 1.94 bits per heavy atom. The van der Waals surface area contributed by atoms with Gasteiger partial charge >= 0.3 is 0 Å². The Labute approximate surface area is 110 Å². The van der Waals surface area contributed by atoms with Crippen LogP contribution in [0.15, 0.2) is 53.2 Å². The molecule has 0 bridgehead atoms. The van der Waals surface area contributed by atoms with E-state index in [4.69, 9.17) is 0 Å². The van der Waals surface area contributed by atoms with E-state index in [1.54, 1.807) is 0 Å². The monoisotopic (exact) mass is 288 g/mol. The summed E-state index contributed by atoms with van der Waals surface area (Å²) in [5.41, 5.74) is 4.20. The van der Waals surface area contributed by atoms with Gasteiger partial charge in [0.1, 0.15) is 4.60 Å². The number of benzene rings is 1. The number of hydrogen-bond donors (Lipinski definition) is 0. The van der Waals surface area contributed by atoms with Gasteiger partial charge in [-0.2, -0.15) is 0 Å². The average molecular weight is 289 g/mol. The Morgan fingerprint density at radius 3 is 2.59 bits per heavy atom. The van der Waals surface area contributed by atoms with Crippen LogP contribution in [-0.2, 0) is 6.42 Å². The average Bonchev–Trinajstić information content (AvgIpc) is 2.32. The molecule has 0 radical (unpaired) electrons. The van der Waals surface area contributed by atoms with Crippen LogP contribution in [0.3, 0.4) is 0 Å². The van der Waals surface area contributed by atoms with Gasteiger partial charge in [0.15, 0.2) is 0 Å². The maximum Gasteiger partial charge on any atom is 0.132 e. The Balaban J connectivity index is 2.41. The van der Waals surface area contributed by atoms with E-state index in [0.717, 1.165) is 33.4 Å². The van der Waals surface area contributed by atoms with Crippen LogP contribution < -0.4 is 0 Å². The topological polar surface area (TPSA) is 25.8 Å².